The van der Waals surface area contributed by atoms with Gasteiger partial charge in [0.2, 0.25) is 11.8 Å². The van der Waals surface area contributed by atoms with Gasteiger partial charge in [-0.05, 0) is 31.5 Å². The molecule has 8 nitrogen and oxygen atoms in total. The number of hydrogen-bond acceptors (Lipinski definition) is 5. The van der Waals surface area contributed by atoms with E-state index in [1.165, 1.54) is 13.8 Å². The van der Waals surface area contributed by atoms with Gasteiger partial charge in [0.15, 0.2) is 6.10 Å². The van der Waals surface area contributed by atoms with Crippen LogP contribution in [0, 0.1) is 6.92 Å². The summed E-state index contributed by atoms with van der Waals surface area (Å²) in [7, 11) is 0. The fourth-order valence-electron chi connectivity index (χ4n) is 2.92. The van der Waals surface area contributed by atoms with Gasteiger partial charge >= 0.3 is 5.97 Å². The van der Waals surface area contributed by atoms with Crippen molar-refractivity contribution >= 4 is 41.0 Å². The zero-order chi connectivity index (χ0) is 21.6. The van der Waals surface area contributed by atoms with Crippen molar-refractivity contribution in [3.8, 4) is 0 Å². The number of anilines is 1. The van der Waals surface area contributed by atoms with Crippen LogP contribution in [-0.2, 0) is 23.9 Å². The van der Waals surface area contributed by atoms with Gasteiger partial charge in [-0.3, -0.25) is 19.2 Å². The van der Waals surface area contributed by atoms with Crippen molar-refractivity contribution in [3.63, 3.8) is 0 Å². The molecule has 0 unspecified atom stereocenters. The van der Waals surface area contributed by atoms with Crippen molar-refractivity contribution in [3.05, 3.63) is 28.8 Å². The first-order valence-corrected chi connectivity index (χ1v) is 9.85. The lowest BCUT2D eigenvalue weighted by Gasteiger charge is -2.34. The summed E-state index contributed by atoms with van der Waals surface area (Å²) >= 11 is 6.03. The monoisotopic (exact) mass is 423 g/mol. The molecule has 9 heteroatoms. The number of hydrogen-bond donors (Lipinski definition) is 1. The Morgan fingerprint density at radius 3 is 2.34 bits per heavy atom. The van der Waals surface area contributed by atoms with Crippen molar-refractivity contribution in [2.75, 3.05) is 31.5 Å². The maximum absolute atomic E-state index is 12.2. The van der Waals surface area contributed by atoms with E-state index >= 15 is 0 Å². The maximum atomic E-state index is 12.2. The molecule has 1 atom stereocenters. The number of benzene rings is 1. The molecule has 0 radical (unpaired) electrons. The highest BCUT2D eigenvalue weighted by Crippen LogP contribution is 2.23. The average molecular weight is 424 g/mol. The molecular formula is C20H26ClN3O5. The molecule has 0 bridgehead atoms. The Morgan fingerprint density at radius 2 is 1.72 bits per heavy atom. The molecule has 29 heavy (non-hydrogen) atoms. The molecule has 1 aromatic carbocycles. The average Bonchev–Trinajstić information content (AvgIpc) is 2.69. The smallest absolute Gasteiger partial charge is 0.307 e. The number of piperazine rings is 1. The summed E-state index contributed by atoms with van der Waals surface area (Å²) < 4.78 is 5.13. The van der Waals surface area contributed by atoms with Crippen molar-refractivity contribution in [2.45, 2.75) is 39.7 Å². The fraction of sp³-hybridized carbons (Fsp3) is 0.500. The van der Waals surface area contributed by atoms with E-state index < -0.39 is 18.0 Å². The van der Waals surface area contributed by atoms with Crippen LogP contribution in [0.2, 0.25) is 5.02 Å². The summed E-state index contributed by atoms with van der Waals surface area (Å²) in [5.74, 6) is -1.28. The van der Waals surface area contributed by atoms with E-state index in [2.05, 4.69) is 5.32 Å². The van der Waals surface area contributed by atoms with E-state index in [1.807, 2.05) is 0 Å². The number of esters is 1. The number of carbonyl (C=O) groups excluding carboxylic acids is 4. The molecule has 1 heterocycles. The minimum Gasteiger partial charge on any atom is -0.453 e. The number of amides is 3. The van der Waals surface area contributed by atoms with Crippen molar-refractivity contribution < 1.29 is 23.9 Å². The summed E-state index contributed by atoms with van der Waals surface area (Å²) in [5.41, 5.74) is 1.27. The normalized spacial score (nSPS) is 14.9. The van der Waals surface area contributed by atoms with Gasteiger partial charge in [0, 0.05) is 50.2 Å². The molecule has 0 spiro atoms. The summed E-state index contributed by atoms with van der Waals surface area (Å²) in [6, 6.07) is 5.13. The molecule has 1 N–H and O–H groups in total. The first-order chi connectivity index (χ1) is 13.7. The molecule has 1 aliphatic heterocycles. The van der Waals surface area contributed by atoms with Crippen LogP contribution in [0.3, 0.4) is 0 Å². The van der Waals surface area contributed by atoms with Crippen molar-refractivity contribution in [2.24, 2.45) is 0 Å². The van der Waals surface area contributed by atoms with E-state index in [9.17, 15) is 19.2 Å². The molecule has 0 aromatic heterocycles. The van der Waals surface area contributed by atoms with Crippen LogP contribution in [0.5, 0.6) is 0 Å². The molecule has 0 saturated carbocycles. The molecule has 2 rings (SSSR count). The topological polar surface area (TPSA) is 96.0 Å². The molecule has 0 aliphatic carbocycles. The molecule has 1 fully saturated rings. The largest absolute Gasteiger partial charge is 0.453 e. The quantitative estimate of drug-likeness (QED) is 0.706. The molecule has 1 saturated heterocycles. The first-order valence-electron chi connectivity index (χ1n) is 9.47. The van der Waals surface area contributed by atoms with E-state index in [1.54, 1.807) is 34.9 Å². The number of ether oxygens (including phenoxy) is 1. The van der Waals surface area contributed by atoms with Crippen LogP contribution in [-0.4, -0.2) is 65.8 Å². The minimum absolute atomic E-state index is 0.000640. The van der Waals surface area contributed by atoms with E-state index in [0.29, 0.717) is 36.9 Å². The minimum atomic E-state index is -1.00. The SMILES string of the molecule is CC(=O)N1CCN(C(=O)CCC(=O)O[C@H](C)C(=O)Nc2cccc(Cl)c2C)CC1. The summed E-state index contributed by atoms with van der Waals surface area (Å²) in [6.45, 7) is 6.62. The second kappa shape index (κ2) is 10.2. The number of nitrogens with one attached hydrogen (secondary N) is 1. The number of nitrogens with zero attached hydrogens (tertiary/aromatic N) is 2. The van der Waals surface area contributed by atoms with Crippen LogP contribution < -0.4 is 5.32 Å². The standard InChI is InChI=1S/C20H26ClN3O5/c1-13-16(21)5-4-6-17(13)22-20(28)14(2)29-19(27)8-7-18(26)24-11-9-23(10-12-24)15(3)25/h4-6,14H,7-12H2,1-3H3,(H,22,28)/t14-/m1/s1. The van der Waals surface area contributed by atoms with Gasteiger partial charge in [0.05, 0.1) is 6.42 Å². The second-order valence-electron chi connectivity index (χ2n) is 6.92. The molecule has 1 aromatic rings. The third-order valence-electron chi connectivity index (χ3n) is 4.82. The Labute approximate surface area is 175 Å². The lowest BCUT2D eigenvalue weighted by Crippen LogP contribution is -2.50. The van der Waals surface area contributed by atoms with Gasteiger partial charge in [-0.2, -0.15) is 0 Å². The predicted octanol–water partition coefficient (Wildman–Crippen LogP) is 1.99. The second-order valence-corrected chi connectivity index (χ2v) is 7.33. The Bertz CT molecular complexity index is 790. The van der Waals surface area contributed by atoms with E-state index in [0.717, 1.165) is 5.56 Å². The van der Waals surface area contributed by atoms with Gasteiger partial charge in [-0.1, -0.05) is 17.7 Å². The van der Waals surface area contributed by atoms with Crippen molar-refractivity contribution in [1.29, 1.82) is 0 Å². The van der Waals surface area contributed by atoms with Gasteiger partial charge in [0.1, 0.15) is 0 Å². The van der Waals surface area contributed by atoms with Crippen LogP contribution in [0.25, 0.3) is 0 Å². The highest BCUT2D eigenvalue weighted by atomic mass is 35.5. The number of carbonyl (C=O) groups is 4. The Morgan fingerprint density at radius 1 is 1.10 bits per heavy atom. The van der Waals surface area contributed by atoms with Crippen molar-refractivity contribution in [1.82, 2.24) is 9.80 Å². The first kappa shape index (κ1) is 22.7. The Kier molecular flexibility index (Phi) is 8.01. The summed E-state index contributed by atoms with van der Waals surface area (Å²) in [4.78, 5) is 51.1. The van der Waals surface area contributed by atoms with Crippen LogP contribution in [0.1, 0.15) is 32.3 Å². The van der Waals surface area contributed by atoms with E-state index in [4.69, 9.17) is 16.3 Å². The van der Waals surface area contributed by atoms with Crippen LogP contribution >= 0.6 is 11.6 Å². The highest BCUT2D eigenvalue weighted by molar-refractivity contribution is 6.31. The summed E-state index contributed by atoms with van der Waals surface area (Å²) in [5, 5.41) is 3.20. The fourth-order valence-corrected chi connectivity index (χ4v) is 3.10. The third-order valence-corrected chi connectivity index (χ3v) is 5.23. The molecule has 158 valence electrons. The van der Waals surface area contributed by atoms with Gasteiger partial charge in [-0.25, -0.2) is 0 Å². The van der Waals surface area contributed by atoms with Gasteiger partial charge in [-0.15, -0.1) is 0 Å². The third kappa shape index (κ3) is 6.45. The van der Waals surface area contributed by atoms with Crippen LogP contribution in [0.15, 0.2) is 18.2 Å². The lowest BCUT2D eigenvalue weighted by atomic mass is 10.2. The lowest BCUT2D eigenvalue weighted by molar-refractivity contribution is -0.154. The Balaban J connectivity index is 1.75. The zero-order valence-corrected chi connectivity index (χ0v) is 17.6. The summed E-state index contributed by atoms with van der Waals surface area (Å²) in [6.07, 6.45) is -1.12. The Hall–Kier alpha value is -2.61. The predicted molar refractivity (Wildman–Crippen MR) is 108 cm³/mol. The van der Waals surface area contributed by atoms with E-state index in [-0.39, 0.29) is 24.7 Å². The highest BCUT2D eigenvalue weighted by Gasteiger charge is 2.24. The molecule has 1 aliphatic rings. The number of rotatable bonds is 6. The number of halogens is 1. The molecule has 3 amide bonds. The maximum Gasteiger partial charge on any atom is 0.307 e. The van der Waals surface area contributed by atoms with Gasteiger partial charge in [0.25, 0.3) is 5.91 Å². The zero-order valence-electron chi connectivity index (χ0n) is 16.9. The van der Waals surface area contributed by atoms with Crippen LogP contribution in [0.4, 0.5) is 5.69 Å². The van der Waals surface area contributed by atoms with Gasteiger partial charge < -0.3 is 19.9 Å². The molecular weight excluding hydrogens is 398 g/mol.